The molecule has 0 radical (unpaired) electrons. The summed E-state index contributed by atoms with van der Waals surface area (Å²) in [6.45, 7) is 6.16. The number of fused-ring (bicyclic) bond motifs is 1. The monoisotopic (exact) mass is 424 g/mol. The second-order valence-corrected chi connectivity index (χ2v) is 10.2. The normalized spacial score (nSPS) is 18.0. The van der Waals surface area contributed by atoms with Crippen LogP contribution in [0.15, 0.2) is 23.4 Å². The molecule has 1 aromatic carbocycles. The van der Waals surface area contributed by atoms with Gasteiger partial charge < -0.3 is 14.6 Å². The molecular weight excluding hydrogens is 400 g/mol. The van der Waals surface area contributed by atoms with Crippen molar-refractivity contribution >= 4 is 32.7 Å². The van der Waals surface area contributed by atoms with Crippen molar-refractivity contribution in [3.63, 3.8) is 0 Å². The van der Waals surface area contributed by atoms with Gasteiger partial charge in [0.25, 0.3) is 5.69 Å². The van der Waals surface area contributed by atoms with Crippen LogP contribution in [0.25, 0.3) is 11.0 Å². The van der Waals surface area contributed by atoms with Gasteiger partial charge in [-0.3, -0.25) is 10.1 Å². The Morgan fingerprint density at radius 1 is 1.41 bits per heavy atom. The highest BCUT2D eigenvalue weighted by atomic mass is 32.2. The van der Waals surface area contributed by atoms with Gasteiger partial charge in [0.1, 0.15) is 5.60 Å². The Morgan fingerprint density at radius 3 is 2.79 bits per heavy atom. The molecule has 29 heavy (non-hydrogen) atoms. The number of hydrogen-bond acceptors (Lipinski definition) is 7. The highest BCUT2D eigenvalue weighted by Crippen LogP contribution is 2.25. The molecule has 1 aromatic heterocycles. The summed E-state index contributed by atoms with van der Waals surface area (Å²) in [5.74, 6) is -0.419. The van der Waals surface area contributed by atoms with E-state index < -0.39 is 26.5 Å². The molecule has 3 rings (SSSR count). The highest BCUT2D eigenvalue weighted by molar-refractivity contribution is 7.91. The van der Waals surface area contributed by atoms with Crippen molar-refractivity contribution in [2.75, 3.05) is 18.8 Å². The van der Waals surface area contributed by atoms with Crippen molar-refractivity contribution < 1.29 is 22.9 Å². The third kappa shape index (κ3) is 5.03. The van der Waals surface area contributed by atoms with Crippen LogP contribution in [-0.4, -0.2) is 58.7 Å². The third-order valence-corrected chi connectivity index (χ3v) is 6.27. The number of piperidine rings is 1. The number of hydrogen-bond donors (Lipinski definition) is 1. The molecule has 1 saturated heterocycles. The molecule has 158 valence electrons. The van der Waals surface area contributed by atoms with E-state index in [-0.39, 0.29) is 28.0 Å². The van der Waals surface area contributed by atoms with E-state index in [2.05, 4.69) is 9.97 Å². The molecule has 1 amide bonds. The van der Waals surface area contributed by atoms with E-state index in [1.165, 1.54) is 23.1 Å². The summed E-state index contributed by atoms with van der Waals surface area (Å²) in [5.41, 5.74) is -0.136. The number of aromatic nitrogens is 2. The Morgan fingerprint density at radius 2 is 2.14 bits per heavy atom. The maximum Gasteiger partial charge on any atom is 0.410 e. The molecule has 0 bridgehead atoms. The van der Waals surface area contributed by atoms with E-state index >= 15 is 0 Å². The van der Waals surface area contributed by atoms with Gasteiger partial charge in [-0.2, -0.15) is 0 Å². The largest absolute Gasteiger partial charge is 0.444 e. The van der Waals surface area contributed by atoms with Crippen LogP contribution in [0.5, 0.6) is 0 Å². The minimum atomic E-state index is -3.75. The summed E-state index contributed by atoms with van der Waals surface area (Å²) in [5, 5.41) is 10.7. The zero-order chi connectivity index (χ0) is 21.4. The maximum absolute atomic E-state index is 12.8. The van der Waals surface area contributed by atoms with Crippen molar-refractivity contribution in [2.45, 2.75) is 44.4 Å². The summed E-state index contributed by atoms with van der Waals surface area (Å²) >= 11 is 0. The van der Waals surface area contributed by atoms with Gasteiger partial charge >= 0.3 is 6.09 Å². The summed E-state index contributed by atoms with van der Waals surface area (Å²) < 4.78 is 31.0. The zero-order valence-corrected chi connectivity index (χ0v) is 17.4. The van der Waals surface area contributed by atoms with Crippen LogP contribution in [0.3, 0.4) is 0 Å². The molecule has 1 N–H and O–H groups in total. The lowest BCUT2D eigenvalue weighted by Crippen LogP contribution is -2.44. The van der Waals surface area contributed by atoms with E-state index in [1.807, 2.05) is 0 Å². The number of nitrogens with zero attached hydrogens (tertiary/aromatic N) is 3. The molecule has 11 heteroatoms. The zero-order valence-electron chi connectivity index (χ0n) is 16.5. The quantitative estimate of drug-likeness (QED) is 0.589. The lowest BCUT2D eigenvalue weighted by Gasteiger charge is -2.33. The van der Waals surface area contributed by atoms with Crippen LogP contribution < -0.4 is 0 Å². The van der Waals surface area contributed by atoms with Crippen LogP contribution in [0.4, 0.5) is 10.5 Å². The molecule has 0 spiro atoms. The molecule has 1 fully saturated rings. The SMILES string of the molecule is CC(C)(C)OC(=O)N1CCCC(CS(=O)(=O)c2nc3ccc([N+](=O)[O-])cc3[nH]2)C1. The van der Waals surface area contributed by atoms with E-state index in [9.17, 15) is 23.3 Å². The maximum atomic E-state index is 12.8. The van der Waals surface area contributed by atoms with Gasteiger partial charge in [0.05, 0.1) is 21.7 Å². The Labute approximate surface area is 168 Å². The number of H-pyrrole nitrogens is 1. The van der Waals surface area contributed by atoms with E-state index in [4.69, 9.17) is 4.74 Å². The predicted molar refractivity (Wildman–Crippen MR) is 105 cm³/mol. The lowest BCUT2D eigenvalue weighted by atomic mass is 10.0. The first-order valence-electron chi connectivity index (χ1n) is 9.29. The fraction of sp³-hybridized carbons (Fsp3) is 0.556. The first-order chi connectivity index (χ1) is 13.4. The van der Waals surface area contributed by atoms with Crippen molar-refractivity contribution in [1.29, 1.82) is 0 Å². The lowest BCUT2D eigenvalue weighted by molar-refractivity contribution is -0.384. The van der Waals surface area contributed by atoms with Crippen LogP contribution >= 0.6 is 0 Å². The molecule has 2 heterocycles. The summed E-state index contributed by atoms with van der Waals surface area (Å²) in [4.78, 5) is 30.9. The number of ether oxygens (including phenoxy) is 1. The van der Waals surface area contributed by atoms with E-state index in [1.54, 1.807) is 20.8 Å². The first kappa shape index (κ1) is 21.0. The number of nitro groups is 1. The summed E-state index contributed by atoms with van der Waals surface area (Å²) in [6, 6.07) is 3.94. The number of amides is 1. The van der Waals surface area contributed by atoms with Gasteiger partial charge in [0.2, 0.25) is 15.0 Å². The standard InChI is InChI=1S/C18H24N4O6S/c1-18(2,3)28-17(23)21-8-4-5-12(10-21)11-29(26,27)16-19-14-7-6-13(22(24)25)9-15(14)20-16/h6-7,9,12H,4-5,8,10-11H2,1-3H3,(H,19,20). The van der Waals surface area contributed by atoms with Gasteiger partial charge in [-0.15, -0.1) is 0 Å². The van der Waals surface area contributed by atoms with Crippen LogP contribution in [0.2, 0.25) is 0 Å². The number of benzene rings is 1. The number of imidazole rings is 1. The minimum Gasteiger partial charge on any atom is -0.444 e. The van der Waals surface area contributed by atoms with Crippen LogP contribution in [0.1, 0.15) is 33.6 Å². The number of likely N-dealkylation sites (tertiary alicyclic amines) is 1. The number of nitro benzene ring substituents is 1. The van der Waals surface area contributed by atoms with Gasteiger partial charge in [0.15, 0.2) is 0 Å². The third-order valence-electron chi connectivity index (χ3n) is 4.57. The fourth-order valence-electron chi connectivity index (χ4n) is 3.32. The van der Waals surface area contributed by atoms with E-state index in [0.29, 0.717) is 31.4 Å². The molecular formula is C18H24N4O6S. The topological polar surface area (TPSA) is 136 Å². The number of nitrogens with one attached hydrogen (secondary N) is 1. The van der Waals surface area contributed by atoms with Crippen molar-refractivity contribution in [3.8, 4) is 0 Å². The molecule has 0 aliphatic carbocycles. The fourth-order valence-corrected chi connectivity index (χ4v) is 4.87. The number of rotatable bonds is 4. The molecule has 0 saturated carbocycles. The smallest absolute Gasteiger partial charge is 0.410 e. The van der Waals surface area contributed by atoms with Crippen LogP contribution in [0, 0.1) is 16.0 Å². The number of carbonyl (C=O) groups excluding carboxylic acids is 1. The molecule has 1 aliphatic rings. The van der Waals surface area contributed by atoms with E-state index in [0.717, 1.165) is 0 Å². The van der Waals surface area contributed by atoms with Gasteiger partial charge in [-0.1, -0.05) is 0 Å². The summed E-state index contributed by atoms with van der Waals surface area (Å²) in [6.07, 6.45) is 0.909. The number of aromatic amines is 1. The molecule has 2 aromatic rings. The molecule has 10 nitrogen and oxygen atoms in total. The van der Waals surface area contributed by atoms with Crippen molar-refractivity contribution in [2.24, 2.45) is 5.92 Å². The van der Waals surface area contributed by atoms with Crippen molar-refractivity contribution in [1.82, 2.24) is 14.9 Å². The first-order valence-corrected chi connectivity index (χ1v) is 10.9. The predicted octanol–water partition coefficient (Wildman–Crippen LogP) is 2.89. The average molecular weight is 424 g/mol. The van der Waals surface area contributed by atoms with Gasteiger partial charge in [-0.05, 0) is 45.6 Å². The summed E-state index contributed by atoms with van der Waals surface area (Å²) in [7, 11) is -3.75. The minimum absolute atomic E-state index is 0.148. The van der Waals surface area contributed by atoms with Gasteiger partial charge in [0, 0.05) is 25.2 Å². The molecule has 1 aliphatic heterocycles. The van der Waals surface area contributed by atoms with Crippen molar-refractivity contribution in [3.05, 3.63) is 28.3 Å². The Bertz CT molecular complexity index is 1040. The van der Waals surface area contributed by atoms with Crippen LogP contribution in [-0.2, 0) is 14.6 Å². The van der Waals surface area contributed by atoms with Gasteiger partial charge in [-0.25, -0.2) is 18.2 Å². The highest BCUT2D eigenvalue weighted by Gasteiger charge is 2.32. The molecule has 1 unspecified atom stereocenters. The number of non-ortho nitro benzene ring substituents is 1. The Hall–Kier alpha value is -2.69. The average Bonchev–Trinajstić information content (AvgIpc) is 3.04. The second kappa shape index (κ2) is 7.62. The Balaban J connectivity index is 1.74. The Kier molecular flexibility index (Phi) is 5.52. The number of sulfone groups is 1. The number of carbonyl (C=O) groups is 1. The molecule has 1 atom stereocenters. The second-order valence-electron chi connectivity index (χ2n) is 8.22.